The molecule has 0 fully saturated rings. The standard InChI is InChI=1S/C18H22N2/c1-14(2)17(15-9-5-3-6-10-15)13-20-18(19)16-11-7-4-8-12-16/h3-12,14,17H,13H2,1-2H3,(H2,19,20). The van der Waals surface area contributed by atoms with E-state index in [4.69, 9.17) is 5.73 Å². The second kappa shape index (κ2) is 6.90. The number of benzene rings is 2. The van der Waals surface area contributed by atoms with Crippen LogP contribution in [0.3, 0.4) is 0 Å². The zero-order valence-electron chi connectivity index (χ0n) is 12.2. The summed E-state index contributed by atoms with van der Waals surface area (Å²) in [5.74, 6) is 1.55. The van der Waals surface area contributed by atoms with Gasteiger partial charge in [-0.15, -0.1) is 0 Å². The van der Waals surface area contributed by atoms with Crippen molar-refractivity contribution in [1.29, 1.82) is 0 Å². The number of nitrogens with two attached hydrogens (primary N) is 1. The Bertz CT molecular complexity index is 544. The Morgan fingerprint density at radius 2 is 1.50 bits per heavy atom. The van der Waals surface area contributed by atoms with Crippen LogP contribution in [0.25, 0.3) is 0 Å². The number of hydrogen-bond donors (Lipinski definition) is 1. The molecule has 1 unspecified atom stereocenters. The highest BCUT2D eigenvalue weighted by Gasteiger charge is 2.15. The van der Waals surface area contributed by atoms with Crippen LogP contribution in [0.5, 0.6) is 0 Å². The molecule has 2 N–H and O–H groups in total. The monoisotopic (exact) mass is 266 g/mol. The Kier molecular flexibility index (Phi) is 4.94. The van der Waals surface area contributed by atoms with Crippen molar-refractivity contribution in [2.24, 2.45) is 16.6 Å². The van der Waals surface area contributed by atoms with Crippen LogP contribution in [0.2, 0.25) is 0 Å². The van der Waals surface area contributed by atoms with E-state index in [9.17, 15) is 0 Å². The van der Waals surface area contributed by atoms with Crippen molar-refractivity contribution >= 4 is 5.84 Å². The number of amidine groups is 1. The summed E-state index contributed by atoms with van der Waals surface area (Å²) in [6.45, 7) is 5.18. The predicted molar refractivity (Wildman–Crippen MR) is 86.1 cm³/mol. The molecule has 2 rings (SSSR count). The molecule has 0 bridgehead atoms. The van der Waals surface area contributed by atoms with Gasteiger partial charge in [0.2, 0.25) is 0 Å². The third-order valence-electron chi connectivity index (χ3n) is 3.56. The molecule has 1 atom stereocenters. The van der Waals surface area contributed by atoms with Crippen molar-refractivity contribution in [3.05, 3.63) is 71.8 Å². The molecule has 0 aliphatic carbocycles. The summed E-state index contributed by atoms with van der Waals surface area (Å²) in [6.07, 6.45) is 0. The lowest BCUT2D eigenvalue weighted by Crippen LogP contribution is -2.17. The van der Waals surface area contributed by atoms with Crippen LogP contribution in [-0.4, -0.2) is 12.4 Å². The molecule has 2 nitrogen and oxygen atoms in total. The van der Waals surface area contributed by atoms with Gasteiger partial charge < -0.3 is 5.73 Å². The highest BCUT2D eigenvalue weighted by atomic mass is 14.9. The SMILES string of the molecule is CC(C)C(CN=C(N)c1ccccc1)c1ccccc1. The van der Waals surface area contributed by atoms with Crippen molar-refractivity contribution in [3.8, 4) is 0 Å². The summed E-state index contributed by atoms with van der Waals surface area (Å²) < 4.78 is 0. The molecule has 104 valence electrons. The molecule has 0 heterocycles. The van der Waals surface area contributed by atoms with E-state index in [0.717, 1.165) is 12.1 Å². The lowest BCUT2D eigenvalue weighted by Gasteiger charge is -2.19. The van der Waals surface area contributed by atoms with E-state index in [1.54, 1.807) is 0 Å². The van der Waals surface area contributed by atoms with E-state index in [0.29, 0.717) is 17.7 Å². The molecule has 2 aromatic carbocycles. The Balaban J connectivity index is 2.14. The summed E-state index contributed by atoms with van der Waals surface area (Å²) in [6, 6.07) is 20.5. The molecular formula is C18H22N2. The highest BCUT2D eigenvalue weighted by Crippen LogP contribution is 2.24. The maximum absolute atomic E-state index is 6.07. The van der Waals surface area contributed by atoms with E-state index < -0.39 is 0 Å². The quantitative estimate of drug-likeness (QED) is 0.648. The van der Waals surface area contributed by atoms with Gasteiger partial charge in [-0.1, -0.05) is 74.5 Å². The van der Waals surface area contributed by atoms with E-state index >= 15 is 0 Å². The molecule has 20 heavy (non-hydrogen) atoms. The number of aliphatic imine (C=N–C) groups is 1. The van der Waals surface area contributed by atoms with Gasteiger partial charge in [-0.2, -0.15) is 0 Å². The predicted octanol–water partition coefficient (Wildman–Crippen LogP) is 3.83. The van der Waals surface area contributed by atoms with Crippen LogP contribution in [-0.2, 0) is 0 Å². The van der Waals surface area contributed by atoms with E-state index in [2.05, 4.69) is 43.1 Å². The highest BCUT2D eigenvalue weighted by molar-refractivity contribution is 5.97. The van der Waals surface area contributed by atoms with Gasteiger partial charge in [0.1, 0.15) is 5.84 Å². The first-order valence-electron chi connectivity index (χ1n) is 7.08. The third kappa shape index (κ3) is 3.70. The smallest absolute Gasteiger partial charge is 0.125 e. The van der Waals surface area contributed by atoms with Gasteiger partial charge in [-0.25, -0.2) is 0 Å². The van der Waals surface area contributed by atoms with Gasteiger partial charge in [0.25, 0.3) is 0 Å². The molecule has 0 saturated heterocycles. The lowest BCUT2D eigenvalue weighted by molar-refractivity contribution is 0.507. The second-order valence-electron chi connectivity index (χ2n) is 5.35. The minimum absolute atomic E-state index is 0.401. The molecule has 0 aromatic heterocycles. The van der Waals surface area contributed by atoms with Gasteiger partial charge in [0.15, 0.2) is 0 Å². The van der Waals surface area contributed by atoms with Gasteiger partial charge in [-0.05, 0) is 11.5 Å². The second-order valence-corrected chi connectivity index (χ2v) is 5.35. The molecular weight excluding hydrogens is 244 g/mol. The zero-order chi connectivity index (χ0) is 14.4. The minimum atomic E-state index is 0.401. The van der Waals surface area contributed by atoms with E-state index in [1.807, 2.05) is 36.4 Å². The average Bonchev–Trinajstić information content (AvgIpc) is 2.49. The Hall–Kier alpha value is -2.09. The van der Waals surface area contributed by atoms with Gasteiger partial charge in [0.05, 0.1) is 0 Å². The van der Waals surface area contributed by atoms with Crippen molar-refractivity contribution in [2.45, 2.75) is 19.8 Å². The molecule has 0 radical (unpaired) electrons. The summed E-state index contributed by atoms with van der Waals surface area (Å²) in [5, 5.41) is 0. The van der Waals surface area contributed by atoms with Crippen LogP contribution in [0.1, 0.15) is 30.9 Å². The maximum atomic E-state index is 6.07. The fraction of sp³-hybridized carbons (Fsp3) is 0.278. The summed E-state index contributed by atoms with van der Waals surface area (Å²) in [5.41, 5.74) is 8.39. The molecule has 2 heteroatoms. The molecule has 2 aromatic rings. The molecule has 0 aliphatic rings. The van der Waals surface area contributed by atoms with Crippen LogP contribution in [0.15, 0.2) is 65.7 Å². The zero-order valence-corrected chi connectivity index (χ0v) is 12.2. The van der Waals surface area contributed by atoms with Crippen LogP contribution in [0, 0.1) is 5.92 Å². The normalized spacial score (nSPS) is 13.4. The first-order chi connectivity index (χ1) is 9.68. The van der Waals surface area contributed by atoms with E-state index in [-0.39, 0.29) is 0 Å². The third-order valence-corrected chi connectivity index (χ3v) is 3.56. The molecule has 0 amide bonds. The van der Waals surface area contributed by atoms with E-state index in [1.165, 1.54) is 5.56 Å². The van der Waals surface area contributed by atoms with Crippen molar-refractivity contribution in [1.82, 2.24) is 0 Å². The van der Waals surface area contributed by atoms with Crippen molar-refractivity contribution < 1.29 is 0 Å². The first kappa shape index (κ1) is 14.3. The van der Waals surface area contributed by atoms with Gasteiger partial charge >= 0.3 is 0 Å². The average molecular weight is 266 g/mol. The Morgan fingerprint density at radius 1 is 0.950 bits per heavy atom. The van der Waals surface area contributed by atoms with Gasteiger partial charge in [-0.3, -0.25) is 4.99 Å². The molecule has 0 spiro atoms. The lowest BCUT2D eigenvalue weighted by atomic mass is 9.88. The summed E-state index contributed by atoms with van der Waals surface area (Å²) >= 11 is 0. The van der Waals surface area contributed by atoms with Crippen LogP contribution in [0.4, 0.5) is 0 Å². The summed E-state index contributed by atoms with van der Waals surface area (Å²) in [4.78, 5) is 4.59. The fourth-order valence-electron chi connectivity index (χ4n) is 2.30. The van der Waals surface area contributed by atoms with Gasteiger partial charge in [0, 0.05) is 18.0 Å². The summed E-state index contributed by atoms with van der Waals surface area (Å²) in [7, 11) is 0. The van der Waals surface area contributed by atoms with Crippen LogP contribution >= 0.6 is 0 Å². The fourth-order valence-corrected chi connectivity index (χ4v) is 2.30. The Morgan fingerprint density at radius 3 is 2.05 bits per heavy atom. The largest absolute Gasteiger partial charge is 0.384 e. The molecule has 0 saturated carbocycles. The van der Waals surface area contributed by atoms with Crippen molar-refractivity contribution in [2.75, 3.05) is 6.54 Å². The minimum Gasteiger partial charge on any atom is -0.384 e. The van der Waals surface area contributed by atoms with Crippen molar-refractivity contribution in [3.63, 3.8) is 0 Å². The first-order valence-corrected chi connectivity index (χ1v) is 7.08. The number of rotatable bonds is 5. The maximum Gasteiger partial charge on any atom is 0.125 e. The topological polar surface area (TPSA) is 38.4 Å². The number of nitrogens with zero attached hydrogens (tertiary/aromatic N) is 1. The molecule has 0 aliphatic heterocycles. The number of hydrogen-bond acceptors (Lipinski definition) is 1. The van der Waals surface area contributed by atoms with Crippen LogP contribution < -0.4 is 5.73 Å². The Labute approximate surface area is 121 Å².